The molecular formula is C24H29N3O4S. The average molecular weight is 456 g/mol. The Kier molecular flexibility index (Phi) is 6.35. The molecule has 2 bridgehead atoms. The van der Waals surface area contributed by atoms with Crippen LogP contribution in [0.4, 0.5) is 11.4 Å². The highest BCUT2D eigenvalue weighted by Gasteiger charge is 2.42. The van der Waals surface area contributed by atoms with Crippen LogP contribution in [-0.4, -0.2) is 26.3 Å². The molecule has 0 radical (unpaired) electrons. The summed E-state index contributed by atoms with van der Waals surface area (Å²) in [6, 6.07) is 12.7. The van der Waals surface area contributed by atoms with E-state index in [1.165, 1.54) is 38.3 Å². The van der Waals surface area contributed by atoms with Gasteiger partial charge in [0.15, 0.2) is 0 Å². The molecule has 0 aliphatic heterocycles. The van der Waals surface area contributed by atoms with E-state index >= 15 is 0 Å². The highest BCUT2D eigenvalue weighted by atomic mass is 32.2. The van der Waals surface area contributed by atoms with Crippen molar-refractivity contribution in [2.45, 2.75) is 50.5 Å². The molecule has 2 aromatic carbocycles. The number of sulfonamides is 1. The summed E-state index contributed by atoms with van der Waals surface area (Å²) in [6.45, 7) is 3.36. The molecule has 0 heterocycles. The minimum atomic E-state index is -3.63. The second kappa shape index (κ2) is 9.03. The summed E-state index contributed by atoms with van der Waals surface area (Å²) in [6.07, 6.45) is 4.84. The lowest BCUT2D eigenvalue weighted by Gasteiger charge is -2.28. The molecule has 4 atom stereocenters. The molecular weight excluding hydrogens is 426 g/mol. The smallest absolute Gasteiger partial charge is 0.255 e. The van der Waals surface area contributed by atoms with E-state index in [1.807, 2.05) is 6.92 Å². The molecule has 2 amide bonds. The third-order valence-electron chi connectivity index (χ3n) is 6.64. The van der Waals surface area contributed by atoms with E-state index in [9.17, 15) is 18.0 Å². The Labute approximate surface area is 189 Å². The highest BCUT2D eigenvalue weighted by Crippen LogP contribution is 2.49. The number of carbonyl (C=O) groups is 2. The number of anilines is 2. The van der Waals surface area contributed by atoms with Gasteiger partial charge >= 0.3 is 0 Å². The van der Waals surface area contributed by atoms with E-state index in [0.29, 0.717) is 28.8 Å². The minimum Gasteiger partial charge on any atom is -0.326 e. The molecule has 170 valence electrons. The van der Waals surface area contributed by atoms with Crippen LogP contribution in [0.1, 0.15) is 49.9 Å². The fourth-order valence-corrected chi connectivity index (χ4v) is 6.46. The van der Waals surface area contributed by atoms with E-state index in [2.05, 4.69) is 15.4 Å². The molecule has 32 heavy (non-hydrogen) atoms. The Bertz CT molecular complexity index is 1110. The van der Waals surface area contributed by atoms with Gasteiger partial charge in [-0.1, -0.05) is 12.5 Å². The van der Waals surface area contributed by atoms with Crippen LogP contribution >= 0.6 is 0 Å². The lowest BCUT2D eigenvalue weighted by molar-refractivity contribution is -0.114. The first-order valence-electron chi connectivity index (χ1n) is 11.0. The van der Waals surface area contributed by atoms with Crippen molar-refractivity contribution in [3.63, 3.8) is 0 Å². The monoisotopic (exact) mass is 455 g/mol. The van der Waals surface area contributed by atoms with E-state index < -0.39 is 10.0 Å². The van der Waals surface area contributed by atoms with Gasteiger partial charge in [0, 0.05) is 29.9 Å². The predicted octanol–water partition coefficient (Wildman–Crippen LogP) is 4.00. The number of rotatable bonds is 7. The van der Waals surface area contributed by atoms with Crippen molar-refractivity contribution in [1.29, 1.82) is 0 Å². The average Bonchev–Trinajstić information content (AvgIpc) is 3.37. The summed E-state index contributed by atoms with van der Waals surface area (Å²) in [5.74, 6) is 1.24. The lowest BCUT2D eigenvalue weighted by atomic mass is 9.84. The van der Waals surface area contributed by atoms with Crippen molar-refractivity contribution >= 4 is 33.2 Å². The summed E-state index contributed by atoms with van der Waals surface area (Å²) in [5.41, 5.74) is 1.40. The van der Waals surface area contributed by atoms with Crippen LogP contribution in [0.3, 0.4) is 0 Å². The van der Waals surface area contributed by atoms with Gasteiger partial charge < -0.3 is 10.6 Å². The van der Waals surface area contributed by atoms with Gasteiger partial charge in [-0.25, -0.2) is 13.1 Å². The standard InChI is InChI=1S/C24H29N3O4S/c1-15(23-13-17-6-7-18(23)12-17)27-32(30,31)22-10-8-20(9-11-22)26-24(29)19-4-3-5-21(14-19)25-16(2)28/h3-5,8-11,14-15,17-18,23,27H,6-7,12-13H2,1-2H3,(H,25,28)(H,26,29). The molecule has 8 heteroatoms. The Balaban J connectivity index is 1.39. The number of hydrogen-bond acceptors (Lipinski definition) is 4. The summed E-state index contributed by atoms with van der Waals surface area (Å²) in [5, 5.41) is 5.39. The maximum atomic E-state index is 12.9. The Morgan fingerprint density at radius 3 is 2.34 bits per heavy atom. The van der Waals surface area contributed by atoms with Gasteiger partial charge in [-0.05, 0) is 86.4 Å². The van der Waals surface area contributed by atoms with Gasteiger partial charge in [0.05, 0.1) is 4.90 Å². The fourth-order valence-electron chi connectivity index (χ4n) is 5.17. The summed E-state index contributed by atoms with van der Waals surface area (Å²) < 4.78 is 28.6. The van der Waals surface area contributed by atoms with Crippen LogP contribution in [-0.2, 0) is 14.8 Å². The third-order valence-corrected chi connectivity index (χ3v) is 8.22. The topological polar surface area (TPSA) is 104 Å². The van der Waals surface area contributed by atoms with Crippen molar-refractivity contribution in [2.75, 3.05) is 10.6 Å². The van der Waals surface area contributed by atoms with E-state index in [1.54, 1.807) is 36.4 Å². The molecule has 0 saturated heterocycles. The molecule has 4 rings (SSSR count). The maximum absolute atomic E-state index is 12.9. The van der Waals surface area contributed by atoms with Crippen LogP contribution in [0.2, 0.25) is 0 Å². The second-order valence-electron chi connectivity index (χ2n) is 8.99. The zero-order valence-electron chi connectivity index (χ0n) is 18.3. The van der Waals surface area contributed by atoms with E-state index in [0.717, 1.165) is 12.3 Å². The van der Waals surface area contributed by atoms with Gasteiger partial charge in [0.2, 0.25) is 15.9 Å². The van der Waals surface area contributed by atoms with Crippen LogP contribution in [0.15, 0.2) is 53.4 Å². The van der Waals surface area contributed by atoms with E-state index in [4.69, 9.17) is 0 Å². The van der Waals surface area contributed by atoms with Crippen molar-refractivity contribution in [3.8, 4) is 0 Å². The lowest BCUT2D eigenvalue weighted by Crippen LogP contribution is -2.40. The Morgan fingerprint density at radius 1 is 0.969 bits per heavy atom. The number of amides is 2. The minimum absolute atomic E-state index is 0.0921. The normalized spacial score (nSPS) is 23.0. The third kappa shape index (κ3) is 5.02. The maximum Gasteiger partial charge on any atom is 0.255 e. The molecule has 2 aliphatic rings. The number of nitrogens with one attached hydrogen (secondary N) is 3. The molecule has 7 nitrogen and oxygen atoms in total. The van der Waals surface area contributed by atoms with Crippen LogP contribution in [0.5, 0.6) is 0 Å². The Morgan fingerprint density at radius 2 is 1.72 bits per heavy atom. The largest absolute Gasteiger partial charge is 0.326 e. The van der Waals surface area contributed by atoms with Crippen LogP contribution in [0.25, 0.3) is 0 Å². The number of fused-ring (bicyclic) bond motifs is 2. The van der Waals surface area contributed by atoms with Gasteiger partial charge in [-0.2, -0.15) is 0 Å². The zero-order chi connectivity index (χ0) is 22.9. The number of benzene rings is 2. The molecule has 4 unspecified atom stereocenters. The van der Waals surface area contributed by atoms with Crippen molar-refractivity contribution < 1.29 is 18.0 Å². The van der Waals surface area contributed by atoms with Crippen molar-refractivity contribution in [1.82, 2.24) is 4.72 Å². The van der Waals surface area contributed by atoms with Crippen LogP contribution in [0, 0.1) is 17.8 Å². The predicted molar refractivity (Wildman–Crippen MR) is 124 cm³/mol. The zero-order valence-corrected chi connectivity index (χ0v) is 19.1. The van der Waals surface area contributed by atoms with Crippen molar-refractivity contribution in [3.05, 3.63) is 54.1 Å². The van der Waals surface area contributed by atoms with Gasteiger partial charge in [0.25, 0.3) is 5.91 Å². The SMILES string of the molecule is CC(=O)Nc1cccc(C(=O)Nc2ccc(S(=O)(=O)NC(C)C3CC4CCC3C4)cc2)c1. The van der Waals surface area contributed by atoms with Gasteiger partial charge in [-0.15, -0.1) is 0 Å². The molecule has 2 aliphatic carbocycles. The quantitative estimate of drug-likeness (QED) is 0.587. The first-order valence-corrected chi connectivity index (χ1v) is 12.5. The highest BCUT2D eigenvalue weighted by molar-refractivity contribution is 7.89. The molecule has 2 aromatic rings. The molecule has 0 spiro atoms. The summed E-state index contributed by atoms with van der Waals surface area (Å²) in [7, 11) is -3.63. The van der Waals surface area contributed by atoms with Gasteiger partial charge in [0.1, 0.15) is 0 Å². The number of carbonyl (C=O) groups excluding carboxylic acids is 2. The number of hydrogen-bond donors (Lipinski definition) is 3. The first-order chi connectivity index (χ1) is 15.2. The molecule has 3 N–H and O–H groups in total. The first kappa shape index (κ1) is 22.5. The Hall–Kier alpha value is -2.71. The van der Waals surface area contributed by atoms with E-state index in [-0.39, 0.29) is 22.8 Å². The fraction of sp³-hybridized carbons (Fsp3) is 0.417. The summed E-state index contributed by atoms with van der Waals surface area (Å²) >= 11 is 0. The molecule has 2 fully saturated rings. The summed E-state index contributed by atoms with van der Waals surface area (Å²) in [4.78, 5) is 23.9. The molecule has 0 aromatic heterocycles. The second-order valence-corrected chi connectivity index (χ2v) is 10.7. The van der Waals surface area contributed by atoms with Crippen molar-refractivity contribution in [2.24, 2.45) is 17.8 Å². The van der Waals surface area contributed by atoms with Gasteiger partial charge in [-0.3, -0.25) is 9.59 Å². The van der Waals surface area contributed by atoms with Crippen LogP contribution < -0.4 is 15.4 Å². The molecule has 2 saturated carbocycles.